The molecule has 1 aromatic heterocycles. The third-order valence-corrected chi connectivity index (χ3v) is 5.92. The second-order valence-electron chi connectivity index (χ2n) is 7.04. The van der Waals surface area contributed by atoms with Crippen molar-refractivity contribution in [2.24, 2.45) is 0 Å². The Hall–Kier alpha value is -1.99. The van der Waals surface area contributed by atoms with E-state index in [1.165, 1.54) is 29.1 Å². The molecule has 6 nitrogen and oxygen atoms in total. The summed E-state index contributed by atoms with van der Waals surface area (Å²) >= 11 is 0. The van der Waals surface area contributed by atoms with Crippen molar-refractivity contribution < 1.29 is 8.42 Å². The highest BCUT2D eigenvalue weighted by Crippen LogP contribution is 2.28. The first-order valence-corrected chi connectivity index (χ1v) is 10.8. The molecule has 0 saturated carbocycles. The Morgan fingerprint density at radius 1 is 1.31 bits per heavy atom. The number of nitrogens with zero attached hydrogens (tertiary/aromatic N) is 2. The summed E-state index contributed by atoms with van der Waals surface area (Å²) in [6.45, 7) is 6.45. The Labute approximate surface area is 155 Å². The fraction of sp³-hybridized carbons (Fsp3) is 0.474. The van der Waals surface area contributed by atoms with Crippen molar-refractivity contribution in [3.63, 3.8) is 0 Å². The first-order valence-electron chi connectivity index (χ1n) is 8.92. The lowest BCUT2D eigenvalue weighted by Crippen LogP contribution is -2.30. The number of nitrogens with one attached hydrogen (secondary N) is 2. The van der Waals surface area contributed by atoms with Crippen LogP contribution in [0.15, 0.2) is 29.3 Å². The van der Waals surface area contributed by atoms with E-state index in [0.717, 1.165) is 25.9 Å². The molecule has 2 aromatic rings. The molecule has 0 unspecified atom stereocenters. The molecule has 2 heterocycles. The van der Waals surface area contributed by atoms with Gasteiger partial charge < -0.3 is 10.6 Å². The molecule has 1 atom stereocenters. The van der Waals surface area contributed by atoms with Crippen molar-refractivity contribution in [2.45, 2.75) is 44.0 Å². The van der Waals surface area contributed by atoms with Gasteiger partial charge in [-0.1, -0.05) is 23.8 Å². The molecule has 0 aliphatic carbocycles. The lowest BCUT2D eigenvalue weighted by molar-refractivity contribution is 0.448. The van der Waals surface area contributed by atoms with Crippen LogP contribution >= 0.6 is 0 Å². The minimum Gasteiger partial charge on any atom is -0.350 e. The molecule has 2 N–H and O–H groups in total. The largest absolute Gasteiger partial charge is 0.350 e. The van der Waals surface area contributed by atoms with E-state index in [9.17, 15) is 8.42 Å². The van der Waals surface area contributed by atoms with Gasteiger partial charge in [0, 0.05) is 25.3 Å². The zero-order valence-electron chi connectivity index (χ0n) is 15.5. The van der Waals surface area contributed by atoms with Gasteiger partial charge in [-0.15, -0.1) is 0 Å². The lowest BCUT2D eigenvalue weighted by Gasteiger charge is -2.24. The van der Waals surface area contributed by atoms with Gasteiger partial charge in [0.15, 0.2) is 9.84 Å². The zero-order valence-corrected chi connectivity index (χ0v) is 16.4. The number of anilines is 1. The van der Waals surface area contributed by atoms with E-state index in [1.54, 1.807) is 0 Å². The minimum absolute atomic E-state index is 0.0951. The molecule has 0 radical (unpaired) electrons. The van der Waals surface area contributed by atoms with Crippen LogP contribution in [0, 0.1) is 13.8 Å². The Kier molecular flexibility index (Phi) is 5.58. The van der Waals surface area contributed by atoms with E-state index in [-0.39, 0.29) is 10.8 Å². The van der Waals surface area contributed by atoms with Gasteiger partial charge in [-0.25, -0.2) is 18.4 Å². The molecule has 26 heavy (non-hydrogen) atoms. The molecular weight excluding hydrogens is 348 g/mol. The lowest BCUT2D eigenvalue weighted by atomic mass is 9.96. The standard InChI is InChI=1S/C19H26N4O2S/c1-13-6-7-14(2)16(9-13)11-21-19-22-12-17(26(3,24)25)18(23-19)15-5-4-8-20-10-15/h6-7,9,12,15,20H,4-5,8,10-11H2,1-3H3,(H,21,22,23)/t15-/m1/s1. The quantitative estimate of drug-likeness (QED) is 0.837. The van der Waals surface area contributed by atoms with E-state index >= 15 is 0 Å². The summed E-state index contributed by atoms with van der Waals surface area (Å²) in [4.78, 5) is 9.07. The van der Waals surface area contributed by atoms with E-state index < -0.39 is 9.84 Å². The number of aromatic nitrogens is 2. The molecule has 1 aliphatic heterocycles. The summed E-state index contributed by atoms with van der Waals surface area (Å²) in [7, 11) is -3.36. The molecule has 140 valence electrons. The van der Waals surface area contributed by atoms with Gasteiger partial charge in [0.1, 0.15) is 4.90 Å². The van der Waals surface area contributed by atoms with Gasteiger partial charge in [0.05, 0.1) is 11.9 Å². The van der Waals surface area contributed by atoms with Gasteiger partial charge in [0.2, 0.25) is 5.95 Å². The van der Waals surface area contributed by atoms with Crippen molar-refractivity contribution >= 4 is 15.8 Å². The minimum atomic E-state index is -3.36. The van der Waals surface area contributed by atoms with E-state index in [0.29, 0.717) is 18.2 Å². The normalized spacial score (nSPS) is 17.9. The van der Waals surface area contributed by atoms with Gasteiger partial charge in [-0.3, -0.25) is 0 Å². The van der Waals surface area contributed by atoms with Gasteiger partial charge in [-0.05, 0) is 44.4 Å². The number of hydrogen-bond donors (Lipinski definition) is 2. The predicted octanol–water partition coefficient (Wildman–Crippen LogP) is 2.58. The van der Waals surface area contributed by atoms with Crippen LogP contribution in [0.2, 0.25) is 0 Å². The van der Waals surface area contributed by atoms with E-state index in [1.807, 2.05) is 0 Å². The second kappa shape index (κ2) is 7.72. The number of benzene rings is 1. The number of sulfone groups is 1. The number of rotatable bonds is 5. The maximum atomic E-state index is 12.1. The zero-order chi connectivity index (χ0) is 18.7. The summed E-state index contributed by atoms with van der Waals surface area (Å²) in [5, 5.41) is 6.58. The van der Waals surface area contributed by atoms with Gasteiger partial charge >= 0.3 is 0 Å². The maximum Gasteiger partial charge on any atom is 0.223 e. The fourth-order valence-corrected chi connectivity index (χ4v) is 4.13. The first-order chi connectivity index (χ1) is 12.3. The molecule has 0 amide bonds. The molecular formula is C19H26N4O2S. The second-order valence-corrected chi connectivity index (χ2v) is 9.03. The summed E-state index contributed by atoms with van der Waals surface area (Å²) in [6, 6.07) is 6.32. The van der Waals surface area contributed by atoms with Crippen LogP contribution in [0.5, 0.6) is 0 Å². The summed E-state index contributed by atoms with van der Waals surface area (Å²) < 4.78 is 24.3. The highest BCUT2D eigenvalue weighted by molar-refractivity contribution is 7.90. The van der Waals surface area contributed by atoms with Crippen LogP contribution in [0.25, 0.3) is 0 Å². The Morgan fingerprint density at radius 3 is 2.81 bits per heavy atom. The van der Waals surface area contributed by atoms with Crippen LogP contribution in [-0.4, -0.2) is 37.7 Å². The molecule has 1 aliphatic rings. The molecule has 1 saturated heterocycles. The predicted molar refractivity (Wildman–Crippen MR) is 103 cm³/mol. The Bertz CT molecular complexity index is 890. The van der Waals surface area contributed by atoms with Crippen molar-refractivity contribution in [2.75, 3.05) is 24.7 Å². The third-order valence-electron chi connectivity index (χ3n) is 4.81. The smallest absolute Gasteiger partial charge is 0.223 e. The molecule has 1 aromatic carbocycles. The molecule has 7 heteroatoms. The highest BCUT2D eigenvalue weighted by Gasteiger charge is 2.25. The van der Waals surface area contributed by atoms with Crippen molar-refractivity contribution in [3.05, 3.63) is 46.8 Å². The average Bonchev–Trinajstić information content (AvgIpc) is 2.62. The Morgan fingerprint density at radius 2 is 2.12 bits per heavy atom. The monoisotopic (exact) mass is 374 g/mol. The molecule has 1 fully saturated rings. The summed E-state index contributed by atoms with van der Waals surface area (Å²) in [5.41, 5.74) is 4.21. The van der Waals surface area contributed by atoms with E-state index in [4.69, 9.17) is 0 Å². The van der Waals surface area contributed by atoms with E-state index in [2.05, 4.69) is 52.6 Å². The van der Waals surface area contributed by atoms with Crippen LogP contribution < -0.4 is 10.6 Å². The number of piperidine rings is 1. The van der Waals surface area contributed by atoms with Crippen LogP contribution in [0.4, 0.5) is 5.95 Å². The SMILES string of the molecule is Cc1ccc(C)c(CNc2ncc(S(C)(=O)=O)c([C@@H]3CCCNC3)n2)c1. The van der Waals surface area contributed by atoms with Crippen molar-refractivity contribution in [3.8, 4) is 0 Å². The maximum absolute atomic E-state index is 12.1. The van der Waals surface area contributed by atoms with Crippen molar-refractivity contribution in [1.29, 1.82) is 0 Å². The Balaban J connectivity index is 1.87. The number of aryl methyl sites for hydroxylation is 2. The van der Waals surface area contributed by atoms with Crippen LogP contribution in [-0.2, 0) is 16.4 Å². The fourth-order valence-electron chi connectivity index (χ4n) is 3.30. The summed E-state index contributed by atoms with van der Waals surface area (Å²) in [6.07, 6.45) is 4.61. The average molecular weight is 375 g/mol. The van der Waals surface area contributed by atoms with Crippen molar-refractivity contribution in [1.82, 2.24) is 15.3 Å². The van der Waals surface area contributed by atoms with Gasteiger partial charge in [0.25, 0.3) is 0 Å². The highest BCUT2D eigenvalue weighted by atomic mass is 32.2. The molecule has 3 rings (SSSR count). The van der Waals surface area contributed by atoms with Crippen LogP contribution in [0.3, 0.4) is 0 Å². The topological polar surface area (TPSA) is 84.0 Å². The van der Waals surface area contributed by atoms with Crippen LogP contribution in [0.1, 0.15) is 41.1 Å². The number of hydrogen-bond acceptors (Lipinski definition) is 6. The molecule has 0 spiro atoms. The first kappa shape index (κ1) is 18.8. The third kappa shape index (κ3) is 4.40. The molecule has 0 bridgehead atoms. The van der Waals surface area contributed by atoms with Gasteiger partial charge in [-0.2, -0.15) is 0 Å². The summed E-state index contributed by atoms with van der Waals surface area (Å²) in [5.74, 6) is 0.566.